The van der Waals surface area contributed by atoms with Gasteiger partial charge in [0.1, 0.15) is 0 Å². The number of carbonyl (C=O) groups is 1. The van der Waals surface area contributed by atoms with Gasteiger partial charge in [-0.05, 0) is 5.56 Å². The van der Waals surface area contributed by atoms with E-state index in [0.29, 0.717) is 6.54 Å². The molecule has 0 spiro atoms. The number of hydrogen-bond donors (Lipinski definition) is 1. The van der Waals surface area contributed by atoms with Gasteiger partial charge in [-0.3, -0.25) is 4.79 Å². The van der Waals surface area contributed by atoms with E-state index in [9.17, 15) is 9.90 Å². The lowest BCUT2D eigenvalue weighted by molar-refractivity contribution is -0.115. The molecule has 0 bridgehead atoms. The SMILES string of the molecule is CC(=O)N=C1SCCN1CC(O)[13c]1[13cH][13cH][13cH][13cH][13cH]1. The number of aliphatic imine (C=N–C) groups is 1. The third kappa shape index (κ3) is 3.34. The minimum atomic E-state index is -0.554. The molecule has 1 amide bonds. The van der Waals surface area contributed by atoms with Gasteiger partial charge in [0.25, 0.3) is 0 Å². The van der Waals surface area contributed by atoms with Gasteiger partial charge in [0, 0.05) is 19.2 Å². The number of nitrogens with zero attached hydrogens (tertiary/aromatic N) is 2. The number of benzene rings is 1. The van der Waals surface area contributed by atoms with Crippen LogP contribution in [0.3, 0.4) is 0 Å². The highest BCUT2D eigenvalue weighted by molar-refractivity contribution is 8.14. The number of amidine groups is 1. The number of aliphatic hydroxyl groups excluding tert-OH is 1. The van der Waals surface area contributed by atoms with Crippen LogP contribution in [0.2, 0.25) is 0 Å². The Kier molecular flexibility index (Phi) is 4.38. The average molecular weight is 270 g/mol. The Morgan fingerprint density at radius 2 is 2.22 bits per heavy atom. The molecule has 1 atom stereocenters. The monoisotopic (exact) mass is 270 g/mol. The molecule has 0 aliphatic carbocycles. The Morgan fingerprint density at radius 1 is 1.50 bits per heavy atom. The summed E-state index contributed by atoms with van der Waals surface area (Å²) in [4.78, 5) is 16.9. The molecule has 1 unspecified atom stereocenters. The first-order chi connectivity index (χ1) is 8.66. The maximum absolute atomic E-state index is 11.0. The molecule has 1 heterocycles. The smallest absolute Gasteiger partial charge is 0.244 e. The molecular formula is C13H16N2O2S. The normalized spacial score (nSPS) is 19.2. The van der Waals surface area contributed by atoms with E-state index in [1.165, 1.54) is 6.92 Å². The summed E-state index contributed by atoms with van der Waals surface area (Å²) >= 11 is 1.56. The van der Waals surface area contributed by atoms with Crippen molar-refractivity contribution in [3.8, 4) is 0 Å². The molecule has 1 saturated heterocycles. The number of aliphatic hydroxyl groups is 1. The first-order valence-corrected chi connectivity index (χ1v) is 6.85. The van der Waals surface area contributed by atoms with Crippen LogP contribution in [-0.4, -0.2) is 39.9 Å². The van der Waals surface area contributed by atoms with Crippen molar-refractivity contribution in [2.24, 2.45) is 4.99 Å². The number of amides is 1. The van der Waals surface area contributed by atoms with Crippen LogP contribution in [0, 0.1) is 0 Å². The van der Waals surface area contributed by atoms with E-state index < -0.39 is 6.10 Å². The van der Waals surface area contributed by atoms with E-state index in [4.69, 9.17) is 0 Å². The predicted molar refractivity (Wildman–Crippen MR) is 73.5 cm³/mol. The number of β-amino-alcohol motifs (C(OH)–C–C–N with tert-alkyl or cyclic N) is 1. The molecule has 1 aromatic carbocycles. The van der Waals surface area contributed by atoms with Crippen LogP contribution in [0.5, 0.6) is 0 Å². The van der Waals surface area contributed by atoms with Gasteiger partial charge in [0.05, 0.1) is 12.6 Å². The van der Waals surface area contributed by atoms with E-state index in [0.717, 1.165) is 23.0 Å². The largest absolute Gasteiger partial charge is 0.387 e. The van der Waals surface area contributed by atoms with Gasteiger partial charge in [-0.15, -0.1) is 0 Å². The third-order valence-electron chi connectivity index (χ3n) is 2.69. The van der Waals surface area contributed by atoms with E-state index in [-0.39, 0.29) is 5.91 Å². The highest BCUT2D eigenvalue weighted by Gasteiger charge is 2.22. The number of carbonyl (C=O) groups excluding carboxylic acids is 1. The molecule has 1 N–H and O–H groups in total. The molecule has 1 aliphatic rings. The molecule has 1 aliphatic heterocycles. The Labute approximate surface area is 111 Å². The summed E-state index contributed by atoms with van der Waals surface area (Å²) in [6.07, 6.45) is -0.554. The van der Waals surface area contributed by atoms with Crippen LogP contribution in [0.25, 0.3) is 0 Å². The zero-order chi connectivity index (χ0) is 13.0. The van der Waals surface area contributed by atoms with Crippen molar-refractivity contribution < 1.29 is 9.90 Å². The minimum absolute atomic E-state index is 0.196. The molecule has 1 aromatic rings. The first kappa shape index (κ1) is 13.1. The standard InChI is InChI=1S/C13H16N2O2S/c1-10(16)14-13-15(7-8-18-13)9-12(17)11-5-3-2-4-6-11/h2-6,12,17H,7-9H2,1H3/i2+1,3+1,4+1,5+1,6+1,11+1. The van der Waals surface area contributed by atoms with Crippen molar-refractivity contribution >= 4 is 22.8 Å². The summed E-state index contributed by atoms with van der Waals surface area (Å²) in [6, 6.07) is 9.53. The van der Waals surface area contributed by atoms with Crippen molar-refractivity contribution in [2.75, 3.05) is 18.8 Å². The summed E-state index contributed by atoms with van der Waals surface area (Å²) < 4.78 is 0. The molecule has 5 heteroatoms. The van der Waals surface area contributed by atoms with Crippen LogP contribution >= 0.6 is 11.8 Å². The fourth-order valence-corrected chi connectivity index (χ4v) is 2.87. The molecule has 96 valence electrons. The van der Waals surface area contributed by atoms with E-state index >= 15 is 0 Å². The predicted octanol–water partition coefficient (Wildman–Crippen LogP) is 1.67. The molecular weight excluding hydrogens is 254 g/mol. The molecule has 0 saturated carbocycles. The summed E-state index contributed by atoms with van der Waals surface area (Å²) in [5.41, 5.74) is 0.886. The van der Waals surface area contributed by atoms with E-state index in [2.05, 4.69) is 4.99 Å². The molecule has 0 aromatic heterocycles. The summed E-state index contributed by atoms with van der Waals surface area (Å²) in [5.74, 6) is 0.715. The molecule has 18 heavy (non-hydrogen) atoms. The molecule has 1 fully saturated rings. The maximum atomic E-state index is 11.0. The van der Waals surface area contributed by atoms with Crippen LogP contribution in [0.4, 0.5) is 0 Å². The van der Waals surface area contributed by atoms with Crippen molar-refractivity contribution in [1.82, 2.24) is 4.90 Å². The van der Waals surface area contributed by atoms with Crippen molar-refractivity contribution in [3.05, 3.63) is 35.9 Å². The van der Waals surface area contributed by atoms with Gasteiger partial charge in [0.15, 0.2) is 5.17 Å². The second-order valence-corrected chi connectivity index (χ2v) is 5.20. The summed E-state index contributed by atoms with van der Waals surface area (Å²) in [6.45, 7) is 2.74. The lowest BCUT2D eigenvalue weighted by Crippen LogP contribution is -2.30. The Balaban J connectivity index is 2.03. The van der Waals surface area contributed by atoms with Crippen molar-refractivity contribution in [2.45, 2.75) is 13.0 Å². The molecule has 2 rings (SSSR count). The average Bonchev–Trinajstić information content (AvgIpc) is 2.77. The van der Waals surface area contributed by atoms with Crippen LogP contribution < -0.4 is 0 Å². The Morgan fingerprint density at radius 3 is 2.89 bits per heavy atom. The van der Waals surface area contributed by atoms with Crippen molar-refractivity contribution in [1.29, 1.82) is 0 Å². The second-order valence-electron chi connectivity index (χ2n) is 4.13. The van der Waals surface area contributed by atoms with Gasteiger partial charge in [0.2, 0.25) is 5.91 Å². The Bertz CT molecular complexity index is 448. The number of thioether (sulfide) groups is 1. The highest BCUT2D eigenvalue weighted by Crippen LogP contribution is 2.22. The van der Waals surface area contributed by atoms with Crippen LogP contribution in [-0.2, 0) is 4.79 Å². The summed E-state index contributed by atoms with van der Waals surface area (Å²) in [7, 11) is 0. The zero-order valence-electron chi connectivity index (χ0n) is 10.2. The lowest BCUT2D eigenvalue weighted by atomic mass is 10.4. The molecule has 0 radical (unpaired) electrons. The topological polar surface area (TPSA) is 52.9 Å². The second kappa shape index (κ2) is 6.02. The Hall–Kier alpha value is -1.33. The van der Waals surface area contributed by atoms with Gasteiger partial charge in [-0.2, -0.15) is 4.99 Å². The quantitative estimate of drug-likeness (QED) is 0.907. The first-order valence-electron chi connectivity index (χ1n) is 5.87. The van der Waals surface area contributed by atoms with Crippen molar-refractivity contribution in [3.63, 3.8) is 0 Å². The van der Waals surface area contributed by atoms with Gasteiger partial charge in [-0.1, -0.05) is 42.1 Å². The van der Waals surface area contributed by atoms with E-state index in [1.807, 2.05) is 35.2 Å². The maximum Gasteiger partial charge on any atom is 0.244 e. The highest BCUT2D eigenvalue weighted by atomic mass is 32.2. The zero-order valence-corrected chi connectivity index (χ0v) is 11.1. The van der Waals surface area contributed by atoms with Gasteiger partial charge in [-0.25, -0.2) is 0 Å². The van der Waals surface area contributed by atoms with Gasteiger partial charge >= 0.3 is 0 Å². The molecule has 4 nitrogen and oxygen atoms in total. The fourth-order valence-electron chi connectivity index (χ4n) is 1.83. The fraction of sp³-hybridized carbons (Fsp3) is 0.385. The number of hydrogen-bond acceptors (Lipinski definition) is 3. The lowest BCUT2D eigenvalue weighted by Gasteiger charge is -2.21. The van der Waals surface area contributed by atoms with Crippen LogP contribution in [0.1, 0.15) is 18.6 Å². The number of rotatable bonds is 3. The van der Waals surface area contributed by atoms with Gasteiger partial charge < -0.3 is 10.0 Å². The van der Waals surface area contributed by atoms with E-state index in [1.54, 1.807) is 11.8 Å². The van der Waals surface area contributed by atoms with Crippen LogP contribution in [0.15, 0.2) is 35.3 Å². The third-order valence-corrected chi connectivity index (χ3v) is 3.69. The summed E-state index contributed by atoms with van der Waals surface area (Å²) in [5, 5.41) is 10.9. The minimum Gasteiger partial charge on any atom is -0.387 e.